The van der Waals surface area contributed by atoms with Crippen molar-refractivity contribution in [3.8, 4) is 44.5 Å². The molecule has 388 valence electrons. The summed E-state index contributed by atoms with van der Waals surface area (Å²) in [7, 11) is 0. The number of hydrogen-bond acceptors (Lipinski definition) is 2. The van der Waals surface area contributed by atoms with E-state index in [4.69, 9.17) is 0 Å². The molecule has 2 aliphatic heterocycles. The topological polar surface area (TPSA) is 6.48 Å². The number of rotatable bonds is 8. The molecule has 3 saturated carbocycles. The molecule has 10 aromatic carbocycles. The maximum Gasteiger partial charge on any atom is 0.252 e. The summed E-state index contributed by atoms with van der Waals surface area (Å²) in [5, 5.41) is 5.12. The molecule has 15 rings (SSSR count). The summed E-state index contributed by atoms with van der Waals surface area (Å²) in [6.07, 6.45) is 17.7. The Labute approximate surface area is 484 Å². The Bertz CT molecular complexity index is 3780. The van der Waals surface area contributed by atoms with Crippen LogP contribution in [0.4, 0.5) is 28.4 Å². The highest BCUT2D eigenvalue weighted by atomic mass is 79.9. The van der Waals surface area contributed by atoms with Gasteiger partial charge in [-0.1, -0.05) is 266 Å². The summed E-state index contributed by atoms with van der Waals surface area (Å²) < 4.78 is 2.23. The Morgan fingerprint density at radius 1 is 0.367 bits per heavy atom. The van der Waals surface area contributed by atoms with Gasteiger partial charge in [-0.3, -0.25) is 0 Å². The lowest BCUT2D eigenvalue weighted by Gasteiger charge is -2.55. The van der Waals surface area contributed by atoms with E-state index < -0.39 is 0 Å². The number of anilines is 5. The molecule has 0 aromatic heterocycles. The molecule has 2 unspecified atom stereocenters. The zero-order chi connectivity index (χ0) is 52.6. The van der Waals surface area contributed by atoms with Crippen molar-refractivity contribution < 1.29 is 0 Å². The van der Waals surface area contributed by atoms with Crippen molar-refractivity contribution in [3.05, 3.63) is 215 Å². The fourth-order valence-electron chi connectivity index (χ4n) is 16.1. The monoisotopic (exact) mass is 1150 g/mol. The van der Waals surface area contributed by atoms with Crippen molar-refractivity contribution in [2.75, 3.05) is 9.80 Å². The van der Waals surface area contributed by atoms with Gasteiger partial charge in [0.2, 0.25) is 0 Å². The first-order chi connectivity index (χ1) is 39.0. The number of benzene rings is 10. The van der Waals surface area contributed by atoms with Crippen molar-refractivity contribution in [1.29, 1.82) is 0 Å². The SMILES string of the molecule is Brc1ccc2c(c1)N(c1c(-c3ccccc3)cccc1-c1ccccc1)c1cc(-c3ccc(-c4c5ccccc5cc5ccccc45)cc3)cc3c1B2c1ccc(Br)cc1N3C1C(C2CCCCC2)CCCC1C1CCCCC1. The van der Waals surface area contributed by atoms with Crippen LogP contribution in [0.2, 0.25) is 0 Å². The summed E-state index contributed by atoms with van der Waals surface area (Å²) in [5.41, 5.74) is 20.6. The van der Waals surface area contributed by atoms with Crippen LogP contribution in [0.1, 0.15) is 83.5 Å². The number of para-hydroxylation sites is 1. The van der Waals surface area contributed by atoms with Gasteiger partial charge in [0, 0.05) is 48.9 Å². The van der Waals surface area contributed by atoms with Gasteiger partial charge in [0.15, 0.2) is 0 Å². The van der Waals surface area contributed by atoms with Crippen LogP contribution in [0.3, 0.4) is 0 Å². The second-order valence-corrected chi connectivity index (χ2v) is 25.6. The summed E-state index contributed by atoms with van der Waals surface area (Å²) >= 11 is 8.23. The van der Waals surface area contributed by atoms with Gasteiger partial charge in [0.05, 0.1) is 5.69 Å². The normalized spacial score (nSPS) is 19.3. The zero-order valence-electron chi connectivity index (χ0n) is 44.9. The molecule has 10 aromatic rings. The molecule has 2 heterocycles. The van der Waals surface area contributed by atoms with E-state index in [2.05, 4.69) is 248 Å². The smallest absolute Gasteiger partial charge is 0.252 e. The minimum absolute atomic E-state index is 0.0219. The van der Waals surface area contributed by atoms with E-state index in [1.807, 2.05) is 0 Å². The third kappa shape index (κ3) is 8.63. The Balaban J connectivity index is 1.03. The zero-order valence-corrected chi connectivity index (χ0v) is 48.1. The fourth-order valence-corrected chi connectivity index (χ4v) is 16.8. The van der Waals surface area contributed by atoms with E-state index in [1.54, 1.807) is 0 Å². The van der Waals surface area contributed by atoms with Crippen molar-refractivity contribution in [3.63, 3.8) is 0 Å². The lowest BCUT2D eigenvalue weighted by molar-refractivity contribution is 0.0839. The highest BCUT2D eigenvalue weighted by Crippen LogP contribution is 2.55. The first-order valence-electron chi connectivity index (χ1n) is 29.7. The fraction of sp³-hybridized carbons (Fsp3) is 0.243. The van der Waals surface area contributed by atoms with Gasteiger partial charge >= 0.3 is 0 Å². The Morgan fingerprint density at radius 2 is 0.873 bits per heavy atom. The Hall–Kier alpha value is -6.66. The standard InChI is InChI=1S/C74H65BBr2N2/c76-57-39-41-65-67(46-57)78(73-61(49-19-5-1-6-20-49)31-17-32-62(73)50-21-7-2-8-22-50)69-44-56(48-35-37-53(38-36-48)71-59-29-15-13-27-54(59)43-55-28-14-16-30-60(55)71)45-70-72(69)75(65)66-42-40-58(77)47-68(66)79(70)74-63(51-23-9-3-10-24-51)33-18-34-64(74)52-25-11-4-12-26-52/h1-2,5-8,13-17,19-22,27-32,35-47,51-52,63-64,74H,3-4,9-12,18,23-26,33-34H2. The van der Waals surface area contributed by atoms with Gasteiger partial charge in [-0.05, 0) is 150 Å². The van der Waals surface area contributed by atoms with E-state index in [-0.39, 0.29) is 6.71 Å². The highest BCUT2D eigenvalue weighted by Gasteiger charge is 2.51. The average Bonchev–Trinajstić information content (AvgIpc) is 3.34. The molecule has 5 aliphatic rings. The molecule has 79 heavy (non-hydrogen) atoms. The predicted octanol–water partition coefficient (Wildman–Crippen LogP) is 19.9. The maximum absolute atomic E-state index is 4.14. The van der Waals surface area contributed by atoms with Gasteiger partial charge in [-0.15, -0.1) is 0 Å². The summed E-state index contributed by atoms with van der Waals surface area (Å²) in [6.45, 7) is 0.0219. The second-order valence-electron chi connectivity index (χ2n) is 23.7. The van der Waals surface area contributed by atoms with Gasteiger partial charge < -0.3 is 9.80 Å². The van der Waals surface area contributed by atoms with Crippen LogP contribution in [-0.4, -0.2) is 12.8 Å². The molecule has 0 amide bonds. The molecular formula is C74H65BBr2N2. The minimum Gasteiger partial charge on any atom is -0.339 e. The second kappa shape index (κ2) is 20.8. The van der Waals surface area contributed by atoms with E-state index in [1.165, 1.54) is 194 Å². The van der Waals surface area contributed by atoms with Crippen LogP contribution in [0.5, 0.6) is 0 Å². The third-order valence-electron chi connectivity index (χ3n) is 19.5. The molecule has 2 atom stereocenters. The van der Waals surface area contributed by atoms with Crippen molar-refractivity contribution >= 4 is 105 Å². The molecule has 0 spiro atoms. The quantitative estimate of drug-likeness (QED) is 0.111. The molecule has 5 heteroatoms. The van der Waals surface area contributed by atoms with E-state index in [0.29, 0.717) is 17.9 Å². The van der Waals surface area contributed by atoms with Gasteiger partial charge in [0.1, 0.15) is 0 Å². The molecule has 2 nitrogen and oxygen atoms in total. The van der Waals surface area contributed by atoms with Crippen LogP contribution >= 0.6 is 31.9 Å². The lowest BCUT2D eigenvalue weighted by atomic mass is 9.33. The van der Waals surface area contributed by atoms with Crippen molar-refractivity contribution in [1.82, 2.24) is 0 Å². The first-order valence-corrected chi connectivity index (χ1v) is 31.2. The molecule has 3 fully saturated rings. The molecule has 0 radical (unpaired) electrons. The maximum atomic E-state index is 4.14. The van der Waals surface area contributed by atoms with Crippen LogP contribution < -0.4 is 26.2 Å². The van der Waals surface area contributed by atoms with E-state index >= 15 is 0 Å². The minimum atomic E-state index is 0.0219. The summed E-state index contributed by atoms with van der Waals surface area (Å²) in [4.78, 5) is 5.75. The predicted molar refractivity (Wildman–Crippen MR) is 344 cm³/mol. The van der Waals surface area contributed by atoms with E-state index in [9.17, 15) is 0 Å². The summed E-state index contributed by atoms with van der Waals surface area (Å²) in [6, 6.07) is 79.3. The first kappa shape index (κ1) is 49.4. The highest BCUT2D eigenvalue weighted by molar-refractivity contribution is 9.10. The van der Waals surface area contributed by atoms with E-state index in [0.717, 1.165) is 20.8 Å². The molecule has 0 N–H and O–H groups in total. The number of fused-ring (bicyclic) bond motifs is 6. The Kier molecular flexibility index (Phi) is 13.0. The van der Waals surface area contributed by atoms with Crippen LogP contribution in [0.15, 0.2) is 215 Å². The Morgan fingerprint density at radius 3 is 1.46 bits per heavy atom. The number of hydrogen-bond donors (Lipinski definition) is 0. The van der Waals surface area contributed by atoms with Crippen LogP contribution in [0.25, 0.3) is 66.1 Å². The van der Waals surface area contributed by atoms with Crippen LogP contribution in [0, 0.1) is 23.7 Å². The third-order valence-corrected chi connectivity index (χ3v) is 20.5. The van der Waals surface area contributed by atoms with Crippen LogP contribution in [-0.2, 0) is 0 Å². The molecule has 3 aliphatic carbocycles. The van der Waals surface area contributed by atoms with Gasteiger partial charge in [0.25, 0.3) is 6.71 Å². The largest absolute Gasteiger partial charge is 0.339 e. The average molecular weight is 1150 g/mol. The number of halogens is 2. The van der Waals surface area contributed by atoms with Gasteiger partial charge in [-0.25, -0.2) is 0 Å². The molecule has 0 saturated heterocycles. The van der Waals surface area contributed by atoms with Crippen molar-refractivity contribution in [2.45, 2.75) is 89.5 Å². The lowest BCUT2D eigenvalue weighted by Crippen LogP contribution is -2.64. The molecular weight excluding hydrogens is 1090 g/mol. The van der Waals surface area contributed by atoms with Gasteiger partial charge in [-0.2, -0.15) is 0 Å². The summed E-state index contributed by atoms with van der Waals surface area (Å²) in [5.74, 6) is 2.75. The molecule has 0 bridgehead atoms. The number of nitrogens with zero attached hydrogens (tertiary/aromatic N) is 2. The van der Waals surface area contributed by atoms with Crippen molar-refractivity contribution in [2.24, 2.45) is 23.7 Å².